The SMILES string of the molecule is N=C1C=CC2=CC=C3C=CC=C4C=CC1=C2C43. The first-order valence-electron chi connectivity index (χ1n) is 5.84. The third-order valence-corrected chi connectivity index (χ3v) is 3.75. The van der Waals surface area contributed by atoms with Crippen LogP contribution < -0.4 is 0 Å². The second kappa shape index (κ2) is 2.95. The number of hydrogen-bond donors (Lipinski definition) is 1. The Bertz CT molecular complexity index is 658. The average Bonchev–Trinajstić information content (AvgIpc) is 2.38. The summed E-state index contributed by atoms with van der Waals surface area (Å²) in [6, 6.07) is 0. The Labute approximate surface area is 100 Å². The van der Waals surface area contributed by atoms with Gasteiger partial charge in [0.2, 0.25) is 0 Å². The van der Waals surface area contributed by atoms with E-state index in [1.165, 1.54) is 22.3 Å². The lowest BCUT2D eigenvalue weighted by atomic mass is 9.69. The maximum atomic E-state index is 8.02. The molecule has 0 aliphatic heterocycles. The van der Waals surface area contributed by atoms with E-state index in [0.717, 1.165) is 5.57 Å². The molecule has 0 heterocycles. The Morgan fingerprint density at radius 1 is 0.824 bits per heavy atom. The monoisotopic (exact) mass is 217 g/mol. The summed E-state index contributed by atoms with van der Waals surface area (Å²) < 4.78 is 0. The molecule has 1 unspecified atom stereocenters. The van der Waals surface area contributed by atoms with Gasteiger partial charge in [-0.15, -0.1) is 0 Å². The van der Waals surface area contributed by atoms with Crippen molar-refractivity contribution in [3.63, 3.8) is 0 Å². The molecule has 0 amide bonds. The van der Waals surface area contributed by atoms with E-state index in [1.807, 2.05) is 6.08 Å². The quantitative estimate of drug-likeness (QED) is 0.643. The van der Waals surface area contributed by atoms with E-state index < -0.39 is 0 Å². The second-order valence-electron chi connectivity index (χ2n) is 4.66. The lowest BCUT2D eigenvalue weighted by molar-refractivity contribution is 0.857. The first-order valence-corrected chi connectivity index (χ1v) is 5.84. The summed E-state index contributed by atoms with van der Waals surface area (Å²) in [6.07, 6.45) is 19.0. The highest BCUT2D eigenvalue weighted by atomic mass is 14.5. The average molecular weight is 217 g/mol. The summed E-state index contributed by atoms with van der Waals surface area (Å²) in [7, 11) is 0. The van der Waals surface area contributed by atoms with Crippen LogP contribution in [0.3, 0.4) is 0 Å². The molecule has 1 N–H and O–H groups in total. The van der Waals surface area contributed by atoms with E-state index in [-0.39, 0.29) is 0 Å². The fraction of sp³-hybridized carbons (Fsp3) is 0.0625. The minimum absolute atomic E-state index is 0.352. The van der Waals surface area contributed by atoms with Crippen LogP contribution in [0, 0.1) is 11.3 Å². The van der Waals surface area contributed by atoms with Gasteiger partial charge in [-0.25, -0.2) is 0 Å². The van der Waals surface area contributed by atoms with Crippen molar-refractivity contribution < 1.29 is 0 Å². The third kappa shape index (κ3) is 1.06. The topological polar surface area (TPSA) is 23.9 Å². The summed E-state index contributed by atoms with van der Waals surface area (Å²) >= 11 is 0. The van der Waals surface area contributed by atoms with Crippen molar-refractivity contribution in [2.75, 3.05) is 0 Å². The van der Waals surface area contributed by atoms with Crippen molar-refractivity contribution >= 4 is 5.71 Å². The summed E-state index contributed by atoms with van der Waals surface area (Å²) in [4.78, 5) is 0. The molecule has 4 aliphatic carbocycles. The first-order chi connectivity index (χ1) is 8.34. The lowest BCUT2D eigenvalue weighted by Crippen LogP contribution is -2.23. The summed E-state index contributed by atoms with van der Waals surface area (Å²) in [6.45, 7) is 0. The second-order valence-corrected chi connectivity index (χ2v) is 4.66. The predicted molar refractivity (Wildman–Crippen MR) is 69.9 cm³/mol. The zero-order valence-corrected chi connectivity index (χ0v) is 9.27. The van der Waals surface area contributed by atoms with Gasteiger partial charge in [0.1, 0.15) is 0 Å². The van der Waals surface area contributed by atoms with Gasteiger partial charge in [0.05, 0.1) is 5.71 Å². The van der Waals surface area contributed by atoms with E-state index >= 15 is 0 Å². The molecular formula is C16H11N. The van der Waals surface area contributed by atoms with Crippen molar-refractivity contribution in [3.05, 3.63) is 82.5 Å². The lowest BCUT2D eigenvalue weighted by Gasteiger charge is -2.34. The van der Waals surface area contributed by atoms with Crippen LogP contribution in [0.4, 0.5) is 0 Å². The van der Waals surface area contributed by atoms with Gasteiger partial charge >= 0.3 is 0 Å². The Morgan fingerprint density at radius 3 is 2.65 bits per heavy atom. The molecule has 0 spiro atoms. The zero-order chi connectivity index (χ0) is 11.4. The van der Waals surface area contributed by atoms with Gasteiger partial charge in [-0.05, 0) is 28.4 Å². The molecule has 0 fully saturated rings. The van der Waals surface area contributed by atoms with Gasteiger partial charge in [-0.2, -0.15) is 0 Å². The minimum Gasteiger partial charge on any atom is -0.300 e. The van der Waals surface area contributed by atoms with Gasteiger partial charge in [-0.1, -0.05) is 48.6 Å². The third-order valence-electron chi connectivity index (χ3n) is 3.75. The van der Waals surface area contributed by atoms with Crippen molar-refractivity contribution in [2.24, 2.45) is 5.92 Å². The fourth-order valence-electron chi connectivity index (χ4n) is 2.96. The van der Waals surface area contributed by atoms with Gasteiger partial charge in [0.15, 0.2) is 0 Å². The van der Waals surface area contributed by atoms with Crippen LogP contribution >= 0.6 is 0 Å². The first kappa shape index (κ1) is 8.94. The van der Waals surface area contributed by atoms with Crippen LogP contribution in [0.25, 0.3) is 0 Å². The molecular weight excluding hydrogens is 206 g/mol. The number of allylic oxidation sites excluding steroid dienone is 14. The number of nitrogens with one attached hydrogen (secondary N) is 1. The smallest absolute Gasteiger partial charge is 0.0615 e. The molecule has 0 aromatic heterocycles. The normalized spacial score (nSPS) is 27.6. The minimum atomic E-state index is 0.352. The highest BCUT2D eigenvalue weighted by Gasteiger charge is 2.32. The van der Waals surface area contributed by atoms with Crippen LogP contribution in [0.2, 0.25) is 0 Å². The standard InChI is InChI=1S/C16H11N/c17-14-9-7-12-5-4-10-2-1-3-11-6-8-13(14)16(12)15(10)11/h1-9,15,17H. The predicted octanol–water partition coefficient (Wildman–Crippen LogP) is 3.42. The van der Waals surface area contributed by atoms with Crippen LogP contribution in [0.15, 0.2) is 82.5 Å². The van der Waals surface area contributed by atoms with Gasteiger partial charge < -0.3 is 5.41 Å². The number of rotatable bonds is 0. The van der Waals surface area contributed by atoms with Crippen molar-refractivity contribution in [1.82, 2.24) is 0 Å². The molecule has 4 rings (SSSR count). The zero-order valence-electron chi connectivity index (χ0n) is 9.27. The van der Waals surface area contributed by atoms with Crippen molar-refractivity contribution in [3.8, 4) is 0 Å². The molecule has 0 radical (unpaired) electrons. The molecule has 0 aromatic rings. The van der Waals surface area contributed by atoms with Gasteiger partial charge in [0, 0.05) is 11.5 Å². The Hall–Kier alpha value is -2.15. The molecule has 1 heteroatoms. The van der Waals surface area contributed by atoms with Crippen LogP contribution in [-0.2, 0) is 0 Å². The summed E-state index contributed by atoms with van der Waals surface area (Å²) in [5.74, 6) is 0.352. The maximum Gasteiger partial charge on any atom is 0.0615 e. The van der Waals surface area contributed by atoms with Crippen LogP contribution in [0.1, 0.15) is 0 Å². The molecule has 17 heavy (non-hydrogen) atoms. The van der Waals surface area contributed by atoms with E-state index in [4.69, 9.17) is 5.41 Å². The Balaban J connectivity index is 2.06. The van der Waals surface area contributed by atoms with E-state index in [9.17, 15) is 0 Å². The van der Waals surface area contributed by atoms with Crippen LogP contribution in [0.5, 0.6) is 0 Å². The van der Waals surface area contributed by atoms with E-state index in [0.29, 0.717) is 11.6 Å². The number of hydrogen-bond acceptors (Lipinski definition) is 1. The van der Waals surface area contributed by atoms with Gasteiger partial charge in [-0.3, -0.25) is 0 Å². The molecule has 0 saturated heterocycles. The molecule has 0 bridgehead atoms. The maximum absolute atomic E-state index is 8.02. The Morgan fingerprint density at radius 2 is 1.71 bits per heavy atom. The highest BCUT2D eigenvalue weighted by molar-refractivity contribution is 6.12. The van der Waals surface area contributed by atoms with E-state index in [1.54, 1.807) is 0 Å². The molecule has 1 nitrogen and oxygen atoms in total. The van der Waals surface area contributed by atoms with Gasteiger partial charge in [0.25, 0.3) is 0 Å². The summed E-state index contributed by atoms with van der Waals surface area (Å²) in [5.41, 5.74) is 6.96. The van der Waals surface area contributed by atoms with E-state index in [2.05, 4.69) is 48.6 Å². The highest BCUT2D eigenvalue weighted by Crippen LogP contribution is 2.45. The van der Waals surface area contributed by atoms with Crippen molar-refractivity contribution in [1.29, 1.82) is 5.41 Å². The Kier molecular flexibility index (Phi) is 1.55. The van der Waals surface area contributed by atoms with Crippen molar-refractivity contribution in [2.45, 2.75) is 0 Å². The van der Waals surface area contributed by atoms with Crippen LogP contribution in [-0.4, -0.2) is 5.71 Å². The molecule has 4 aliphatic rings. The molecule has 0 aromatic carbocycles. The largest absolute Gasteiger partial charge is 0.300 e. The summed E-state index contributed by atoms with van der Waals surface area (Å²) in [5, 5.41) is 8.02. The molecule has 1 atom stereocenters. The molecule has 0 saturated carbocycles. The molecule has 80 valence electrons. The fourth-order valence-corrected chi connectivity index (χ4v) is 2.96.